The Morgan fingerprint density at radius 1 is 1.07 bits per heavy atom. The summed E-state index contributed by atoms with van der Waals surface area (Å²) in [5.41, 5.74) is 9.73. The lowest BCUT2D eigenvalue weighted by Crippen LogP contribution is -2.14. The van der Waals surface area contributed by atoms with E-state index in [-0.39, 0.29) is 10.2 Å². The molecule has 0 aliphatic rings. The second-order valence-electron chi connectivity index (χ2n) is 5.76. The van der Waals surface area contributed by atoms with E-state index < -0.39 is 10.0 Å². The molecular formula is C19H14BrN3O2S2. The van der Waals surface area contributed by atoms with Crippen LogP contribution in [0.4, 0.5) is 5.95 Å². The molecule has 0 atom stereocenters. The number of halogens is 1. The van der Waals surface area contributed by atoms with Crippen LogP contribution >= 0.6 is 27.3 Å². The molecule has 2 N–H and O–H groups in total. The van der Waals surface area contributed by atoms with Gasteiger partial charge in [0.05, 0.1) is 11.0 Å². The number of imidazole rings is 1. The molecule has 0 saturated carbocycles. The number of thiophene rings is 1. The number of aromatic nitrogens is 2. The van der Waals surface area contributed by atoms with Crippen LogP contribution < -0.4 is 5.73 Å². The van der Waals surface area contributed by atoms with E-state index in [1.54, 1.807) is 29.6 Å². The zero-order valence-electron chi connectivity index (χ0n) is 13.9. The van der Waals surface area contributed by atoms with Crippen LogP contribution in [0.25, 0.3) is 16.6 Å². The molecule has 0 aliphatic heterocycles. The average Bonchev–Trinajstić information content (AvgIpc) is 3.31. The second-order valence-corrected chi connectivity index (χ2v) is 9.18. The Labute approximate surface area is 169 Å². The average molecular weight is 460 g/mol. The molecule has 27 heavy (non-hydrogen) atoms. The highest BCUT2D eigenvalue weighted by Gasteiger charge is 2.24. The monoisotopic (exact) mass is 459 g/mol. The second kappa shape index (κ2) is 6.95. The molecule has 8 heteroatoms. The molecule has 0 fully saturated rings. The van der Waals surface area contributed by atoms with Crippen LogP contribution in [-0.4, -0.2) is 17.4 Å². The Morgan fingerprint density at radius 3 is 2.52 bits per heavy atom. The van der Waals surface area contributed by atoms with Crippen molar-refractivity contribution in [2.45, 2.75) is 4.21 Å². The van der Waals surface area contributed by atoms with Crippen molar-refractivity contribution in [3.8, 4) is 0 Å². The van der Waals surface area contributed by atoms with Gasteiger partial charge in [0.25, 0.3) is 10.0 Å². The minimum atomic E-state index is -3.81. The number of anilines is 1. The lowest BCUT2D eigenvalue weighted by Gasteiger charge is -2.09. The van der Waals surface area contributed by atoms with Gasteiger partial charge in [0.1, 0.15) is 4.21 Å². The van der Waals surface area contributed by atoms with Gasteiger partial charge in [0.2, 0.25) is 5.95 Å². The molecule has 0 saturated heterocycles. The Kier molecular flexibility index (Phi) is 4.63. The molecule has 0 radical (unpaired) electrons. The third-order valence-corrected chi connectivity index (χ3v) is 7.68. The van der Waals surface area contributed by atoms with E-state index >= 15 is 0 Å². The van der Waals surface area contributed by atoms with E-state index in [1.807, 2.05) is 41.4 Å². The highest BCUT2D eigenvalue weighted by atomic mass is 79.9. The fourth-order valence-corrected chi connectivity index (χ4v) is 5.88. The quantitative estimate of drug-likeness (QED) is 0.479. The summed E-state index contributed by atoms with van der Waals surface area (Å²) in [6, 6.07) is 18.6. The van der Waals surface area contributed by atoms with Crippen molar-refractivity contribution in [2.24, 2.45) is 0 Å². The number of rotatable bonds is 4. The smallest absolute Gasteiger partial charge is 0.280 e. The maximum Gasteiger partial charge on any atom is 0.280 e. The first-order valence-electron chi connectivity index (χ1n) is 7.95. The minimum Gasteiger partial charge on any atom is -0.368 e. The zero-order valence-corrected chi connectivity index (χ0v) is 17.1. The van der Waals surface area contributed by atoms with Crippen molar-refractivity contribution < 1.29 is 8.42 Å². The molecule has 2 aromatic carbocycles. The Morgan fingerprint density at radius 2 is 1.85 bits per heavy atom. The molecule has 0 spiro atoms. The van der Waals surface area contributed by atoms with Gasteiger partial charge in [-0.2, -0.15) is 8.42 Å². The van der Waals surface area contributed by atoms with Gasteiger partial charge in [0.15, 0.2) is 0 Å². The summed E-state index contributed by atoms with van der Waals surface area (Å²) < 4.78 is 27.4. The number of benzene rings is 2. The van der Waals surface area contributed by atoms with Crippen molar-refractivity contribution in [3.05, 3.63) is 82.2 Å². The van der Waals surface area contributed by atoms with Crippen molar-refractivity contribution in [2.75, 3.05) is 5.73 Å². The van der Waals surface area contributed by atoms with E-state index in [0.717, 1.165) is 32.0 Å². The summed E-state index contributed by atoms with van der Waals surface area (Å²) in [5.74, 6) is -0.0559. The molecule has 136 valence electrons. The lowest BCUT2D eigenvalue weighted by molar-refractivity contribution is 0.591. The van der Waals surface area contributed by atoms with Gasteiger partial charge in [0, 0.05) is 0 Å². The number of nitrogens with two attached hydrogens (primary N) is 1. The van der Waals surface area contributed by atoms with Crippen molar-refractivity contribution >= 4 is 59.8 Å². The molecule has 2 heterocycles. The summed E-state index contributed by atoms with van der Waals surface area (Å²) in [6.45, 7) is 0. The first-order valence-corrected chi connectivity index (χ1v) is 11.2. The highest BCUT2D eigenvalue weighted by molar-refractivity contribution is 9.11. The lowest BCUT2D eigenvalue weighted by atomic mass is 9.99. The van der Waals surface area contributed by atoms with E-state index in [9.17, 15) is 8.42 Å². The summed E-state index contributed by atoms with van der Waals surface area (Å²) in [7, 11) is -3.81. The van der Waals surface area contributed by atoms with Gasteiger partial charge in [-0.3, -0.25) is 0 Å². The van der Waals surface area contributed by atoms with Crippen molar-refractivity contribution in [1.82, 2.24) is 8.96 Å². The SMILES string of the molecule is Nc1nc2ccc(C(=CBr)c3ccccc3)cc2n1S(=O)(=O)c1cccs1. The molecule has 0 amide bonds. The number of hydrogen-bond donors (Lipinski definition) is 1. The predicted octanol–water partition coefficient (Wildman–Crippen LogP) is 4.70. The fraction of sp³-hybridized carbons (Fsp3) is 0. The molecule has 0 aliphatic carbocycles. The van der Waals surface area contributed by atoms with Crippen LogP contribution in [0.15, 0.2) is 75.2 Å². The number of nitrogens with zero attached hydrogens (tertiary/aromatic N) is 2. The topological polar surface area (TPSA) is 78.0 Å². The largest absolute Gasteiger partial charge is 0.368 e. The van der Waals surface area contributed by atoms with Gasteiger partial charge in [-0.05, 0) is 45.3 Å². The van der Waals surface area contributed by atoms with Gasteiger partial charge in [-0.25, -0.2) is 8.96 Å². The van der Waals surface area contributed by atoms with Crippen LogP contribution in [0.5, 0.6) is 0 Å². The summed E-state index contributed by atoms with van der Waals surface area (Å²) >= 11 is 4.57. The van der Waals surface area contributed by atoms with Gasteiger partial charge in [-0.15, -0.1) is 11.3 Å². The molecule has 0 unspecified atom stereocenters. The Bertz CT molecular complexity index is 1250. The van der Waals surface area contributed by atoms with Gasteiger partial charge < -0.3 is 5.73 Å². The van der Waals surface area contributed by atoms with Crippen molar-refractivity contribution in [1.29, 1.82) is 0 Å². The van der Waals surface area contributed by atoms with Gasteiger partial charge >= 0.3 is 0 Å². The standard InChI is InChI=1S/C19H14BrN3O2S2/c20-12-15(13-5-2-1-3-6-13)14-8-9-16-17(11-14)23(19(21)22-16)27(24,25)18-7-4-10-26-18/h1-12H,(H2,21,22). The first kappa shape index (κ1) is 18.0. The highest BCUT2D eigenvalue weighted by Crippen LogP contribution is 2.31. The molecule has 4 aromatic rings. The maximum atomic E-state index is 13.0. The maximum absolute atomic E-state index is 13.0. The molecular weight excluding hydrogens is 446 g/mol. The Balaban J connectivity index is 1.93. The predicted molar refractivity (Wildman–Crippen MR) is 113 cm³/mol. The molecule has 5 nitrogen and oxygen atoms in total. The number of hydrogen-bond acceptors (Lipinski definition) is 5. The van der Waals surface area contributed by atoms with E-state index in [4.69, 9.17) is 5.73 Å². The van der Waals surface area contributed by atoms with Crippen LogP contribution in [0.2, 0.25) is 0 Å². The third-order valence-electron chi connectivity index (χ3n) is 4.13. The number of nitrogen functional groups attached to an aromatic ring is 1. The normalized spacial score (nSPS) is 12.6. The minimum absolute atomic E-state index is 0.0559. The summed E-state index contributed by atoms with van der Waals surface area (Å²) in [6.07, 6.45) is 0. The molecule has 0 bridgehead atoms. The number of fused-ring (bicyclic) bond motifs is 1. The summed E-state index contributed by atoms with van der Waals surface area (Å²) in [5, 5.41) is 1.72. The zero-order chi connectivity index (χ0) is 19.0. The van der Waals surface area contributed by atoms with Crippen LogP contribution in [0, 0.1) is 0 Å². The van der Waals surface area contributed by atoms with Crippen molar-refractivity contribution in [3.63, 3.8) is 0 Å². The van der Waals surface area contributed by atoms with E-state index in [2.05, 4.69) is 20.9 Å². The molecule has 2 aromatic heterocycles. The first-order chi connectivity index (χ1) is 13.0. The van der Waals surface area contributed by atoms with E-state index in [1.165, 1.54) is 0 Å². The summed E-state index contributed by atoms with van der Waals surface area (Å²) in [4.78, 5) is 6.04. The molecule has 4 rings (SSSR count). The van der Waals surface area contributed by atoms with Crippen LogP contribution in [0.3, 0.4) is 0 Å². The van der Waals surface area contributed by atoms with Gasteiger partial charge in [-0.1, -0.05) is 58.4 Å². The van der Waals surface area contributed by atoms with E-state index in [0.29, 0.717) is 11.0 Å². The Hall–Kier alpha value is -2.42. The van der Waals surface area contributed by atoms with Crippen LogP contribution in [0.1, 0.15) is 11.1 Å². The van der Waals surface area contributed by atoms with Crippen LogP contribution in [-0.2, 0) is 10.0 Å². The third kappa shape index (κ3) is 3.09. The fourth-order valence-electron chi connectivity index (χ4n) is 2.90.